The van der Waals surface area contributed by atoms with E-state index < -0.39 is 16.7 Å². The predicted octanol–water partition coefficient (Wildman–Crippen LogP) is 3.48. The molecule has 7 heteroatoms. The zero-order chi connectivity index (χ0) is 15.6. The molecule has 2 rings (SSSR count). The van der Waals surface area contributed by atoms with Gasteiger partial charge in [-0.05, 0) is 31.2 Å². The summed E-state index contributed by atoms with van der Waals surface area (Å²) in [6.07, 6.45) is 0. The number of carboxylic acids is 1. The molecule has 2 aromatic carbocycles. The molecular formula is C14H11FN2O4. The topological polar surface area (TPSA) is 92.5 Å². The second-order valence-corrected chi connectivity index (χ2v) is 4.38. The van der Waals surface area contributed by atoms with Crippen molar-refractivity contribution in [1.82, 2.24) is 0 Å². The summed E-state index contributed by atoms with van der Waals surface area (Å²) >= 11 is 0. The maximum atomic E-state index is 13.8. The molecule has 0 radical (unpaired) electrons. The van der Waals surface area contributed by atoms with Crippen LogP contribution in [-0.4, -0.2) is 16.0 Å². The number of carboxylic acid groups (broad SMARTS) is 1. The molecular weight excluding hydrogens is 279 g/mol. The molecule has 21 heavy (non-hydrogen) atoms. The summed E-state index contributed by atoms with van der Waals surface area (Å²) in [5, 5.41) is 22.3. The van der Waals surface area contributed by atoms with Crippen molar-refractivity contribution in [3.63, 3.8) is 0 Å². The van der Waals surface area contributed by atoms with E-state index in [9.17, 15) is 19.3 Å². The van der Waals surface area contributed by atoms with E-state index in [2.05, 4.69) is 5.32 Å². The molecule has 6 nitrogen and oxygen atoms in total. The summed E-state index contributed by atoms with van der Waals surface area (Å²) in [4.78, 5) is 21.0. The van der Waals surface area contributed by atoms with Crippen LogP contribution in [0.3, 0.4) is 0 Å². The monoisotopic (exact) mass is 290 g/mol. The second kappa shape index (κ2) is 5.58. The summed E-state index contributed by atoms with van der Waals surface area (Å²) in [6.45, 7) is 1.60. The molecule has 2 N–H and O–H groups in total. The van der Waals surface area contributed by atoms with E-state index in [1.54, 1.807) is 19.1 Å². The van der Waals surface area contributed by atoms with Crippen LogP contribution in [0.5, 0.6) is 0 Å². The van der Waals surface area contributed by atoms with E-state index in [1.165, 1.54) is 18.2 Å². The molecule has 0 heterocycles. The standard InChI is InChI=1S/C14H11FN2O4/c1-8-2-4-10(7-13(8)17(20)21)16-12-5-3-9(14(18)19)6-11(12)15/h2-7,16H,1H3,(H,18,19). The maximum absolute atomic E-state index is 13.8. The molecule has 0 saturated carbocycles. The quantitative estimate of drug-likeness (QED) is 0.664. The van der Waals surface area contributed by atoms with Gasteiger partial charge in [0.05, 0.1) is 16.2 Å². The number of halogens is 1. The van der Waals surface area contributed by atoms with E-state index in [0.29, 0.717) is 11.3 Å². The summed E-state index contributed by atoms with van der Waals surface area (Å²) < 4.78 is 13.8. The van der Waals surface area contributed by atoms with Gasteiger partial charge in [-0.15, -0.1) is 0 Å². The highest BCUT2D eigenvalue weighted by molar-refractivity contribution is 5.88. The summed E-state index contributed by atoms with van der Waals surface area (Å²) in [7, 11) is 0. The fourth-order valence-electron chi connectivity index (χ4n) is 1.79. The molecule has 0 bridgehead atoms. The van der Waals surface area contributed by atoms with Crippen molar-refractivity contribution in [2.45, 2.75) is 6.92 Å². The smallest absolute Gasteiger partial charge is 0.335 e. The minimum Gasteiger partial charge on any atom is -0.478 e. The number of rotatable bonds is 4. The number of nitrogens with zero attached hydrogens (tertiary/aromatic N) is 1. The number of benzene rings is 2. The number of carbonyl (C=O) groups is 1. The van der Waals surface area contributed by atoms with Crippen molar-refractivity contribution in [1.29, 1.82) is 0 Å². The molecule has 0 spiro atoms. The van der Waals surface area contributed by atoms with Gasteiger partial charge in [-0.1, -0.05) is 6.07 Å². The first-order chi connectivity index (χ1) is 9.88. The summed E-state index contributed by atoms with van der Waals surface area (Å²) in [5.41, 5.74) is 0.621. The van der Waals surface area contributed by atoms with Gasteiger partial charge < -0.3 is 10.4 Å². The third kappa shape index (κ3) is 3.14. The predicted molar refractivity (Wildman–Crippen MR) is 74.5 cm³/mol. The van der Waals surface area contributed by atoms with Gasteiger partial charge in [0, 0.05) is 17.3 Å². The zero-order valence-electron chi connectivity index (χ0n) is 11.0. The van der Waals surface area contributed by atoms with Gasteiger partial charge in [-0.25, -0.2) is 9.18 Å². The minimum absolute atomic E-state index is 0.0400. The van der Waals surface area contributed by atoms with Crippen molar-refractivity contribution in [2.75, 3.05) is 5.32 Å². The lowest BCUT2D eigenvalue weighted by Gasteiger charge is -2.09. The van der Waals surface area contributed by atoms with Gasteiger partial charge in [-0.2, -0.15) is 0 Å². The number of hydrogen-bond donors (Lipinski definition) is 2. The van der Waals surface area contributed by atoms with E-state index in [0.717, 1.165) is 6.07 Å². The molecule has 0 amide bonds. The number of aryl methyl sites for hydroxylation is 1. The average molecular weight is 290 g/mol. The van der Waals surface area contributed by atoms with Crippen LogP contribution in [-0.2, 0) is 0 Å². The lowest BCUT2D eigenvalue weighted by atomic mass is 10.1. The number of aromatic carboxylic acids is 1. The normalized spacial score (nSPS) is 10.2. The molecule has 0 atom stereocenters. The molecule has 0 aliphatic rings. The highest BCUT2D eigenvalue weighted by atomic mass is 19.1. The van der Waals surface area contributed by atoms with E-state index >= 15 is 0 Å². The van der Waals surface area contributed by atoms with Gasteiger partial charge >= 0.3 is 5.97 Å². The number of nitro groups is 1. The van der Waals surface area contributed by atoms with E-state index in [1.807, 2.05) is 0 Å². The van der Waals surface area contributed by atoms with Crippen molar-refractivity contribution in [3.05, 3.63) is 63.5 Å². The Morgan fingerprint density at radius 1 is 1.29 bits per heavy atom. The highest BCUT2D eigenvalue weighted by Crippen LogP contribution is 2.26. The molecule has 0 unspecified atom stereocenters. The van der Waals surface area contributed by atoms with Gasteiger partial charge in [0.15, 0.2) is 0 Å². The molecule has 108 valence electrons. The SMILES string of the molecule is Cc1ccc(Nc2ccc(C(=O)O)cc2F)cc1[N+](=O)[O-]. The molecule has 0 aromatic heterocycles. The molecule has 0 fully saturated rings. The molecule has 2 aromatic rings. The Morgan fingerprint density at radius 2 is 2.00 bits per heavy atom. The Hall–Kier alpha value is -2.96. The number of hydrogen-bond acceptors (Lipinski definition) is 4. The summed E-state index contributed by atoms with van der Waals surface area (Å²) in [6, 6.07) is 7.81. The second-order valence-electron chi connectivity index (χ2n) is 4.38. The van der Waals surface area contributed by atoms with Crippen LogP contribution in [0.2, 0.25) is 0 Å². The third-order valence-corrected chi connectivity index (χ3v) is 2.90. The Bertz CT molecular complexity index is 731. The van der Waals surface area contributed by atoms with Gasteiger partial charge in [0.1, 0.15) is 5.82 Å². The van der Waals surface area contributed by atoms with E-state index in [-0.39, 0.29) is 16.9 Å². The Labute approximate surface area is 119 Å². The first-order valence-corrected chi connectivity index (χ1v) is 5.93. The highest BCUT2D eigenvalue weighted by Gasteiger charge is 2.13. The number of nitro benzene ring substituents is 1. The van der Waals surface area contributed by atoms with Crippen LogP contribution in [0.25, 0.3) is 0 Å². The number of anilines is 2. The van der Waals surface area contributed by atoms with Crippen molar-refractivity contribution < 1.29 is 19.2 Å². The zero-order valence-corrected chi connectivity index (χ0v) is 11.0. The average Bonchev–Trinajstić information content (AvgIpc) is 2.42. The maximum Gasteiger partial charge on any atom is 0.335 e. The van der Waals surface area contributed by atoms with Crippen LogP contribution >= 0.6 is 0 Å². The van der Waals surface area contributed by atoms with Crippen LogP contribution < -0.4 is 5.32 Å². The lowest BCUT2D eigenvalue weighted by molar-refractivity contribution is -0.385. The van der Waals surface area contributed by atoms with E-state index in [4.69, 9.17) is 5.11 Å². The Morgan fingerprint density at radius 3 is 2.57 bits per heavy atom. The van der Waals surface area contributed by atoms with Crippen molar-refractivity contribution in [3.8, 4) is 0 Å². The first kappa shape index (κ1) is 14.4. The van der Waals surface area contributed by atoms with Gasteiger partial charge in [-0.3, -0.25) is 10.1 Å². The van der Waals surface area contributed by atoms with Crippen molar-refractivity contribution in [2.24, 2.45) is 0 Å². The largest absolute Gasteiger partial charge is 0.478 e. The first-order valence-electron chi connectivity index (χ1n) is 5.93. The van der Waals surface area contributed by atoms with Gasteiger partial charge in [0.2, 0.25) is 0 Å². The molecule has 0 aliphatic heterocycles. The van der Waals surface area contributed by atoms with Crippen molar-refractivity contribution >= 4 is 23.0 Å². The van der Waals surface area contributed by atoms with Crippen LogP contribution in [0.1, 0.15) is 15.9 Å². The molecule has 0 aliphatic carbocycles. The van der Waals surface area contributed by atoms with Crippen LogP contribution in [0.15, 0.2) is 36.4 Å². The summed E-state index contributed by atoms with van der Waals surface area (Å²) in [5.74, 6) is -1.98. The Kier molecular flexibility index (Phi) is 3.84. The fourth-order valence-corrected chi connectivity index (χ4v) is 1.79. The Balaban J connectivity index is 2.32. The van der Waals surface area contributed by atoms with Crippen LogP contribution in [0.4, 0.5) is 21.5 Å². The minimum atomic E-state index is -1.23. The van der Waals surface area contributed by atoms with Crippen LogP contribution in [0, 0.1) is 22.9 Å². The fraction of sp³-hybridized carbons (Fsp3) is 0.0714. The third-order valence-electron chi connectivity index (χ3n) is 2.90. The van der Waals surface area contributed by atoms with Gasteiger partial charge in [0.25, 0.3) is 5.69 Å². The molecule has 0 saturated heterocycles. The number of nitrogens with one attached hydrogen (secondary N) is 1. The lowest BCUT2D eigenvalue weighted by Crippen LogP contribution is -2.00.